The Hall–Kier alpha value is -1.36. The Morgan fingerprint density at radius 1 is 1.53 bits per heavy atom. The van der Waals surface area contributed by atoms with Crippen molar-refractivity contribution >= 4 is 5.91 Å². The van der Waals surface area contributed by atoms with E-state index < -0.39 is 0 Å². The van der Waals surface area contributed by atoms with E-state index in [2.05, 4.69) is 24.3 Å². The normalized spacial score (nSPS) is 25.0. The van der Waals surface area contributed by atoms with Gasteiger partial charge in [0.05, 0.1) is 12.1 Å². The van der Waals surface area contributed by atoms with Crippen LogP contribution in [0.2, 0.25) is 0 Å². The number of nitrogens with zero attached hydrogens (tertiary/aromatic N) is 2. The van der Waals surface area contributed by atoms with Gasteiger partial charge in [-0.05, 0) is 20.8 Å². The molecule has 1 saturated heterocycles. The van der Waals surface area contributed by atoms with Crippen LogP contribution in [0.1, 0.15) is 25.3 Å². The van der Waals surface area contributed by atoms with Crippen LogP contribution in [0.4, 0.5) is 0 Å². The van der Waals surface area contributed by atoms with Crippen LogP contribution in [0.3, 0.4) is 0 Å². The Morgan fingerprint density at radius 3 is 2.71 bits per heavy atom. The summed E-state index contributed by atoms with van der Waals surface area (Å²) in [5, 5.41) is 7.25. The van der Waals surface area contributed by atoms with Gasteiger partial charge in [-0.25, -0.2) is 0 Å². The zero-order chi connectivity index (χ0) is 12.4. The van der Waals surface area contributed by atoms with Gasteiger partial charge >= 0.3 is 0 Å². The number of nitrogens with one attached hydrogen (secondary N) is 1. The molecule has 2 rings (SSSR count). The molecule has 0 saturated carbocycles. The number of aromatic nitrogens is 1. The van der Waals surface area contributed by atoms with Crippen molar-refractivity contribution < 1.29 is 9.32 Å². The first-order valence-electron chi connectivity index (χ1n) is 6.00. The average molecular weight is 237 g/mol. The largest absolute Gasteiger partial charge is 0.361 e. The Morgan fingerprint density at radius 2 is 2.18 bits per heavy atom. The summed E-state index contributed by atoms with van der Waals surface area (Å²) in [4.78, 5) is 14.0. The number of carbonyl (C=O) groups is 1. The SMILES string of the molecule is Cc1cc(CC(=O)N2C[C@@H](C)N[C@H](C)C2)no1. The molecule has 2 atom stereocenters. The van der Waals surface area contributed by atoms with Crippen molar-refractivity contribution in [3.63, 3.8) is 0 Å². The Kier molecular flexibility index (Phi) is 3.47. The quantitative estimate of drug-likeness (QED) is 0.824. The van der Waals surface area contributed by atoms with E-state index in [0.29, 0.717) is 24.2 Å². The molecule has 1 aliphatic rings. The summed E-state index contributed by atoms with van der Waals surface area (Å²) in [6.45, 7) is 7.54. The molecule has 0 bridgehead atoms. The van der Waals surface area contributed by atoms with Gasteiger partial charge in [0.25, 0.3) is 0 Å². The van der Waals surface area contributed by atoms with Crippen LogP contribution in [-0.4, -0.2) is 41.1 Å². The summed E-state index contributed by atoms with van der Waals surface area (Å²) in [5.41, 5.74) is 0.714. The third-order valence-corrected chi connectivity index (χ3v) is 2.92. The van der Waals surface area contributed by atoms with Crippen LogP contribution < -0.4 is 5.32 Å². The molecule has 1 amide bonds. The topological polar surface area (TPSA) is 58.4 Å². The van der Waals surface area contributed by atoms with Crippen molar-refractivity contribution in [2.75, 3.05) is 13.1 Å². The molecule has 1 N–H and O–H groups in total. The van der Waals surface area contributed by atoms with Gasteiger partial charge in [-0.3, -0.25) is 4.79 Å². The Labute approximate surface area is 101 Å². The first-order valence-corrected chi connectivity index (χ1v) is 6.00. The molecule has 0 unspecified atom stereocenters. The van der Waals surface area contributed by atoms with E-state index in [1.54, 1.807) is 0 Å². The fourth-order valence-electron chi connectivity index (χ4n) is 2.30. The summed E-state index contributed by atoms with van der Waals surface area (Å²) in [7, 11) is 0. The minimum absolute atomic E-state index is 0.124. The molecule has 1 aromatic heterocycles. The predicted octanol–water partition coefficient (Wildman–Crippen LogP) is 0.734. The number of carbonyl (C=O) groups excluding carboxylic acids is 1. The standard InChI is InChI=1S/C12H19N3O2/c1-8-6-15(7-9(2)13-8)12(16)5-11-4-10(3)17-14-11/h4,8-9,13H,5-7H2,1-3H3/t8-,9-/m1/s1. The van der Waals surface area contributed by atoms with E-state index >= 15 is 0 Å². The summed E-state index contributed by atoms with van der Waals surface area (Å²) in [6.07, 6.45) is 0.330. The van der Waals surface area contributed by atoms with Crippen molar-refractivity contribution in [2.45, 2.75) is 39.3 Å². The van der Waals surface area contributed by atoms with Crippen LogP contribution in [0.15, 0.2) is 10.6 Å². The van der Waals surface area contributed by atoms with Crippen molar-refractivity contribution in [2.24, 2.45) is 0 Å². The first kappa shape index (κ1) is 12.1. The molecule has 1 aromatic rings. The van der Waals surface area contributed by atoms with Crippen LogP contribution >= 0.6 is 0 Å². The van der Waals surface area contributed by atoms with Gasteiger partial charge < -0.3 is 14.7 Å². The summed E-state index contributed by atoms with van der Waals surface area (Å²) in [5.74, 6) is 0.869. The van der Waals surface area contributed by atoms with Gasteiger partial charge in [0, 0.05) is 31.2 Å². The van der Waals surface area contributed by atoms with E-state index in [0.717, 1.165) is 18.8 Å². The fourth-order valence-corrected chi connectivity index (χ4v) is 2.30. The highest BCUT2D eigenvalue weighted by Gasteiger charge is 2.25. The lowest BCUT2D eigenvalue weighted by Crippen LogP contribution is -2.56. The molecular formula is C12H19N3O2. The zero-order valence-electron chi connectivity index (χ0n) is 10.6. The monoisotopic (exact) mass is 237 g/mol. The lowest BCUT2D eigenvalue weighted by molar-refractivity contribution is -0.132. The zero-order valence-corrected chi connectivity index (χ0v) is 10.6. The maximum absolute atomic E-state index is 12.1. The molecule has 5 heteroatoms. The summed E-state index contributed by atoms with van der Waals surface area (Å²) in [6, 6.07) is 2.51. The second-order valence-electron chi connectivity index (χ2n) is 4.87. The highest BCUT2D eigenvalue weighted by atomic mass is 16.5. The molecule has 1 aliphatic heterocycles. The number of amides is 1. The van der Waals surface area contributed by atoms with Crippen LogP contribution in [-0.2, 0) is 11.2 Å². The molecule has 17 heavy (non-hydrogen) atoms. The third kappa shape index (κ3) is 3.06. The molecule has 94 valence electrons. The maximum Gasteiger partial charge on any atom is 0.228 e. The van der Waals surface area contributed by atoms with Gasteiger partial charge in [0.2, 0.25) is 5.91 Å². The van der Waals surface area contributed by atoms with E-state index in [1.807, 2.05) is 17.9 Å². The minimum atomic E-state index is 0.124. The lowest BCUT2D eigenvalue weighted by Gasteiger charge is -2.36. The number of aryl methyl sites for hydroxylation is 1. The number of hydrogen-bond donors (Lipinski definition) is 1. The number of hydrogen-bond acceptors (Lipinski definition) is 4. The van der Waals surface area contributed by atoms with Crippen molar-refractivity contribution in [3.05, 3.63) is 17.5 Å². The van der Waals surface area contributed by atoms with Gasteiger partial charge in [-0.15, -0.1) is 0 Å². The number of rotatable bonds is 2. The summed E-state index contributed by atoms with van der Waals surface area (Å²) >= 11 is 0. The molecular weight excluding hydrogens is 218 g/mol. The van der Waals surface area contributed by atoms with Crippen LogP contribution in [0.25, 0.3) is 0 Å². The smallest absolute Gasteiger partial charge is 0.228 e. The van der Waals surface area contributed by atoms with Gasteiger partial charge in [-0.1, -0.05) is 5.16 Å². The van der Waals surface area contributed by atoms with Crippen molar-refractivity contribution in [1.82, 2.24) is 15.4 Å². The van der Waals surface area contributed by atoms with Crippen molar-refractivity contribution in [3.8, 4) is 0 Å². The highest BCUT2D eigenvalue weighted by molar-refractivity contribution is 5.78. The van der Waals surface area contributed by atoms with Gasteiger partial charge in [-0.2, -0.15) is 0 Å². The van der Waals surface area contributed by atoms with E-state index in [4.69, 9.17) is 4.52 Å². The van der Waals surface area contributed by atoms with Gasteiger partial charge in [0.15, 0.2) is 0 Å². The summed E-state index contributed by atoms with van der Waals surface area (Å²) < 4.78 is 4.96. The average Bonchev–Trinajstić information content (AvgIpc) is 2.62. The lowest BCUT2D eigenvalue weighted by atomic mass is 10.1. The highest BCUT2D eigenvalue weighted by Crippen LogP contribution is 2.08. The molecule has 5 nitrogen and oxygen atoms in total. The Balaban J connectivity index is 1.95. The molecule has 0 radical (unpaired) electrons. The maximum atomic E-state index is 12.1. The molecule has 0 aromatic carbocycles. The Bertz CT molecular complexity index is 392. The van der Waals surface area contributed by atoms with E-state index in [-0.39, 0.29) is 5.91 Å². The minimum Gasteiger partial charge on any atom is -0.361 e. The number of piperazine rings is 1. The predicted molar refractivity (Wildman–Crippen MR) is 63.6 cm³/mol. The second kappa shape index (κ2) is 4.87. The molecule has 0 spiro atoms. The third-order valence-electron chi connectivity index (χ3n) is 2.92. The van der Waals surface area contributed by atoms with Crippen LogP contribution in [0, 0.1) is 6.92 Å². The van der Waals surface area contributed by atoms with Crippen molar-refractivity contribution in [1.29, 1.82) is 0 Å². The molecule has 2 heterocycles. The first-order chi connectivity index (χ1) is 8.04. The van der Waals surface area contributed by atoms with Crippen LogP contribution in [0.5, 0.6) is 0 Å². The fraction of sp³-hybridized carbons (Fsp3) is 0.667. The van der Waals surface area contributed by atoms with E-state index in [9.17, 15) is 4.79 Å². The van der Waals surface area contributed by atoms with E-state index in [1.165, 1.54) is 0 Å². The molecule has 0 aliphatic carbocycles. The second-order valence-corrected chi connectivity index (χ2v) is 4.87. The van der Waals surface area contributed by atoms with Gasteiger partial charge in [0.1, 0.15) is 5.76 Å². The molecule has 1 fully saturated rings.